The molecule has 11 heavy (non-hydrogen) atoms. The number of carboxylic acid groups (broad SMARTS) is 1. The third kappa shape index (κ3) is 26.1. The highest BCUT2D eigenvalue weighted by molar-refractivity contribution is 5.85. The molecule has 0 aromatic rings. The molecule has 0 atom stereocenters. The molecule has 0 aromatic heterocycles. The minimum Gasteiger partial charge on any atom is -0.481 e. The summed E-state index contributed by atoms with van der Waals surface area (Å²) in [5.74, 6) is -0.682. The maximum atomic E-state index is 9.87. The highest BCUT2D eigenvalue weighted by atomic mass is 35.5. The van der Waals surface area contributed by atoms with E-state index in [-0.39, 0.29) is 24.7 Å². The number of unbranched alkanes of at least 4 members (excludes halogenated alkanes) is 2. The second-order valence-electron chi connectivity index (χ2n) is 1.85. The largest absolute Gasteiger partial charge is 0.481 e. The first-order valence-electron chi connectivity index (χ1n) is 2.99. The lowest BCUT2D eigenvalue weighted by Gasteiger charge is -1.89. The molecule has 0 saturated carbocycles. The molecule has 0 aliphatic rings. The standard InChI is InChI=1S/C6H12O2.ClH.2H3N/c1-2-3-4-5-6(7)8;;;/h2-5H2,1H3,(H,7,8);1H;2*1H3. The molecule has 0 heterocycles. The predicted octanol–water partition coefficient (Wildman–Crippen LogP) is 2.40. The Kier molecular flexibility index (Phi) is 33.3. The summed E-state index contributed by atoms with van der Waals surface area (Å²) in [6, 6.07) is 0. The van der Waals surface area contributed by atoms with Gasteiger partial charge in [-0.3, -0.25) is 4.79 Å². The van der Waals surface area contributed by atoms with E-state index in [2.05, 4.69) is 6.92 Å². The van der Waals surface area contributed by atoms with E-state index < -0.39 is 5.97 Å². The Morgan fingerprint density at radius 1 is 1.27 bits per heavy atom. The van der Waals surface area contributed by atoms with Gasteiger partial charge in [-0.1, -0.05) is 19.8 Å². The monoisotopic (exact) mass is 186 g/mol. The van der Waals surface area contributed by atoms with Gasteiger partial charge in [0.15, 0.2) is 0 Å². The smallest absolute Gasteiger partial charge is 0.303 e. The summed E-state index contributed by atoms with van der Waals surface area (Å²) in [6.07, 6.45) is 3.28. The molecule has 0 rings (SSSR count). The van der Waals surface area contributed by atoms with Crippen LogP contribution in [0, 0.1) is 0 Å². The van der Waals surface area contributed by atoms with Crippen molar-refractivity contribution in [2.75, 3.05) is 0 Å². The molecular formula is C6H19ClN2O2. The van der Waals surface area contributed by atoms with Crippen LogP contribution in [0.3, 0.4) is 0 Å². The highest BCUT2D eigenvalue weighted by Crippen LogP contribution is 1.97. The molecule has 0 radical (unpaired) electrons. The van der Waals surface area contributed by atoms with Crippen molar-refractivity contribution in [1.82, 2.24) is 12.3 Å². The fraction of sp³-hybridized carbons (Fsp3) is 0.833. The number of carboxylic acids is 1. The molecule has 72 valence electrons. The van der Waals surface area contributed by atoms with Crippen molar-refractivity contribution in [2.45, 2.75) is 32.6 Å². The molecule has 0 spiro atoms. The highest BCUT2D eigenvalue weighted by Gasteiger charge is 1.92. The number of hydrogen-bond donors (Lipinski definition) is 3. The second-order valence-corrected chi connectivity index (χ2v) is 1.85. The Balaban J connectivity index is -0.0000000817. The van der Waals surface area contributed by atoms with Gasteiger partial charge in [0.1, 0.15) is 0 Å². The number of aliphatic carboxylic acids is 1. The number of rotatable bonds is 4. The van der Waals surface area contributed by atoms with E-state index >= 15 is 0 Å². The molecule has 7 N–H and O–H groups in total. The van der Waals surface area contributed by atoms with Gasteiger partial charge in [-0.15, -0.1) is 12.4 Å². The van der Waals surface area contributed by atoms with Gasteiger partial charge in [0, 0.05) is 6.42 Å². The zero-order valence-electron chi connectivity index (χ0n) is 7.01. The molecule has 5 heteroatoms. The van der Waals surface area contributed by atoms with Gasteiger partial charge in [-0.25, -0.2) is 0 Å². The van der Waals surface area contributed by atoms with Gasteiger partial charge in [-0.2, -0.15) is 0 Å². The Labute approximate surface area is 73.9 Å². The van der Waals surface area contributed by atoms with E-state index in [4.69, 9.17) is 5.11 Å². The zero-order valence-corrected chi connectivity index (χ0v) is 7.82. The number of carbonyl (C=O) groups is 1. The zero-order chi connectivity index (χ0) is 6.41. The van der Waals surface area contributed by atoms with Crippen molar-refractivity contribution in [2.24, 2.45) is 0 Å². The minimum atomic E-state index is -0.682. The van der Waals surface area contributed by atoms with Crippen LogP contribution in [-0.4, -0.2) is 11.1 Å². The summed E-state index contributed by atoms with van der Waals surface area (Å²) in [7, 11) is 0. The third-order valence-electron chi connectivity index (χ3n) is 0.994. The summed E-state index contributed by atoms with van der Waals surface area (Å²) < 4.78 is 0. The molecule has 0 bridgehead atoms. The van der Waals surface area contributed by atoms with Crippen LogP contribution in [0.15, 0.2) is 0 Å². The summed E-state index contributed by atoms with van der Waals surface area (Å²) in [6.45, 7) is 2.06. The summed E-state index contributed by atoms with van der Waals surface area (Å²) in [5, 5.41) is 8.14. The summed E-state index contributed by atoms with van der Waals surface area (Å²) in [4.78, 5) is 9.87. The lowest BCUT2D eigenvalue weighted by Crippen LogP contribution is -1.92. The van der Waals surface area contributed by atoms with Crippen LogP contribution in [0.2, 0.25) is 0 Å². The molecule has 0 unspecified atom stereocenters. The quantitative estimate of drug-likeness (QED) is 0.586. The number of hydrogen-bond acceptors (Lipinski definition) is 3. The Hall–Kier alpha value is -0.320. The molecule has 0 aliphatic heterocycles. The van der Waals surface area contributed by atoms with Crippen LogP contribution in [0.5, 0.6) is 0 Å². The Morgan fingerprint density at radius 3 is 2.00 bits per heavy atom. The van der Waals surface area contributed by atoms with Crippen LogP contribution in [0.4, 0.5) is 0 Å². The first-order valence-corrected chi connectivity index (χ1v) is 2.99. The predicted molar refractivity (Wildman–Crippen MR) is 49.1 cm³/mol. The molecular weight excluding hydrogens is 168 g/mol. The van der Waals surface area contributed by atoms with E-state index in [9.17, 15) is 4.79 Å². The van der Waals surface area contributed by atoms with Crippen LogP contribution in [0.25, 0.3) is 0 Å². The van der Waals surface area contributed by atoms with Crippen molar-refractivity contribution < 1.29 is 9.90 Å². The minimum absolute atomic E-state index is 0. The molecule has 0 aromatic carbocycles. The van der Waals surface area contributed by atoms with Gasteiger partial charge in [-0.05, 0) is 6.42 Å². The van der Waals surface area contributed by atoms with Crippen molar-refractivity contribution in [3.63, 3.8) is 0 Å². The Morgan fingerprint density at radius 2 is 1.73 bits per heavy atom. The fourth-order valence-electron chi connectivity index (χ4n) is 0.526. The van der Waals surface area contributed by atoms with Gasteiger partial charge < -0.3 is 17.4 Å². The average Bonchev–Trinajstić information content (AvgIpc) is 1.66. The second kappa shape index (κ2) is 16.3. The van der Waals surface area contributed by atoms with Crippen LogP contribution >= 0.6 is 12.4 Å². The van der Waals surface area contributed by atoms with Crippen LogP contribution in [-0.2, 0) is 4.79 Å². The molecule has 0 amide bonds. The summed E-state index contributed by atoms with van der Waals surface area (Å²) >= 11 is 0. The van der Waals surface area contributed by atoms with Crippen molar-refractivity contribution in [3.8, 4) is 0 Å². The van der Waals surface area contributed by atoms with E-state index in [1.165, 1.54) is 0 Å². The van der Waals surface area contributed by atoms with E-state index in [1.807, 2.05) is 0 Å². The Bertz CT molecular complexity index is 81.0. The normalized spacial score (nSPS) is 6.64. The topological polar surface area (TPSA) is 107 Å². The van der Waals surface area contributed by atoms with Crippen molar-refractivity contribution >= 4 is 18.4 Å². The first kappa shape index (κ1) is 22.4. The van der Waals surface area contributed by atoms with Crippen molar-refractivity contribution in [3.05, 3.63) is 0 Å². The third-order valence-corrected chi connectivity index (χ3v) is 0.994. The SMILES string of the molecule is CCCCCC(=O)O.Cl.N.N. The summed E-state index contributed by atoms with van der Waals surface area (Å²) in [5.41, 5.74) is 0. The van der Waals surface area contributed by atoms with Crippen LogP contribution < -0.4 is 12.3 Å². The molecule has 4 nitrogen and oxygen atoms in total. The van der Waals surface area contributed by atoms with Gasteiger partial charge in [0.2, 0.25) is 0 Å². The maximum absolute atomic E-state index is 9.87. The van der Waals surface area contributed by atoms with Gasteiger partial charge >= 0.3 is 5.97 Å². The number of halogens is 1. The van der Waals surface area contributed by atoms with E-state index in [0.717, 1.165) is 19.3 Å². The van der Waals surface area contributed by atoms with E-state index in [1.54, 1.807) is 0 Å². The molecule has 0 aliphatic carbocycles. The average molecular weight is 187 g/mol. The molecule has 0 saturated heterocycles. The van der Waals surface area contributed by atoms with E-state index in [0.29, 0.717) is 6.42 Å². The van der Waals surface area contributed by atoms with Crippen molar-refractivity contribution in [1.29, 1.82) is 0 Å². The maximum Gasteiger partial charge on any atom is 0.303 e. The van der Waals surface area contributed by atoms with Crippen LogP contribution in [0.1, 0.15) is 32.6 Å². The van der Waals surface area contributed by atoms with Gasteiger partial charge in [0.25, 0.3) is 0 Å². The lowest BCUT2D eigenvalue weighted by atomic mass is 10.2. The molecule has 0 fully saturated rings. The first-order chi connectivity index (χ1) is 3.77. The van der Waals surface area contributed by atoms with Gasteiger partial charge in [0.05, 0.1) is 0 Å². The lowest BCUT2D eigenvalue weighted by molar-refractivity contribution is -0.137. The fourth-order valence-corrected chi connectivity index (χ4v) is 0.526.